The van der Waals surface area contributed by atoms with Gasteiger partial charge in [-0.05, 0) is 19.0 Å². The predicted molar refractivity (Wildman–Crippen MR) is 70.0 cm³/mol. The van der Waals surface area contributed by atoms with Crippen LogP contribution >= 0.6 is 0 Å². The summed E-state index contributed by atoms with van der Waals surface area (Å²) in [7, 11) is 1.98. The molecular weight excluding hydrogens is 212 g/mol. The lowest BCUT2D eigenvalue weighted by Crippen LogP contribution is -2.36. The zero-order valence-corrected chi connectivity index (χ0v) is 10.6. The van der Waals surface area contributed by atoms with Gasteiger partial charge in [-0.25, -0.2) is 0 Å². The lowest BCUT2D eigenvalue weighted by molar-refractivity contribution is 0.0549. The molecule has 0 amide bonds. The smallest absolute Gasteiger partial charge is 0.0826 e. The summed E-state index contributed by atoms with van der Waals surface area (Å²) in [6.07, 6.45) is 1.46. The highest BCUT2D eigenvalue weighted by molar-refractivity contribution is 5.14. The van der Waals surface area contributed by atoms with Crippen LogP contribution in [-0.4, -0.2) is 44.3 Å². The predicted octanol–water partition coefficient (Wildman–Crippen LogP) is 1.50. The van der Waals surface area contributed by atoms with Crippen molar-refractivity contribution in [1.29, 1.82) is 0 Å². The Morgan fingerprint density at radius 2 is 2.18 bits per heavy atom. The SMILES string of the molecule is CNCC1CN(Cc2ccccc2)CCCO1. The fourth-order valence-electron chi connectivity index (χ4n) is 2.31. The first-order valence-electron chi connectivity index (χ1n) is 6.41. The normalized spacial score (nSPS) is 22.3. The van der Waals surface area contributed by atoms with E-state index in [9.17, 15) is 0 Å². The van der Waals surface area contributed by atoms with Crippen molar-refractivity contribution in [3.8, 4) is 0 Å². The molecule has 1 aliphatic rings. The molecule has 1 N–H and O–H groups in total. The summed E-state index contributed by atoms with van der Waals surface area (Å²) < 4.78 is 5.81. The highest BCUT2D eigenvalue weighted by Gasteiger charge is 2.17. The van der Waals surface area contributed by atoms with Gasteiger partial charge in [0.25, 0.3) is 0 Å². The first kappa shape index (κ1) is 12.6. The Balaban J connectivity index is 1.90. The van der Waals surface area contributed by atoms with E-state index in [1.807, 2.05) is 7.05 Å². The van der Waals surface area contributed by atoms with Crippen molar-refractivity contribution in [2.24, 2.45) is 0 Å². The third-order valence-corrected chi connectivity index (χ3v) is 3.11. The number of nitrogens with one attached hydrogen (secondary N) is 1. The van der Waals surface area contributed by atoms with Gasteiger partial charge in [0, 0.05) is 32.8 Å². The van der Waals surface area contributed by atoms with Gasteiger partial charge < -0.3 is 10.1 Å². The average molecular weight is 234 g/mol. The maximum atomic E-state index is 5.81. The third kappa shape index (κ3) is 4.11. The van der Waals surface area contributed by atoms with E-state index >= 15 is 0 Å². The lowest BCUT2D eigenvalue weighted by Gasteiger charge is -2.23. The molecule has 1 heterocycles. The molecule has 0 spiro atoms. The van der Waals surface area contributed by atoms with Gasteiger partial charge in [0.15, 0.2) is 0 Å². The number of rotatable bonds is 4. The van der Waals surface area contributed by atoms with Crippen molar-refractivity contribution in [3.05, 3.63) is 35.9 Å². The van der Waals surface area contributed by atoms with Crippen molar-refractivity contribution < 1.29 is 4.74 Å². The highest BCUT2D eigenvalue weighted by atomic mass is 16.5. The summed E-state index contributed by atoms with van der Waals surface area (Å²) in [4.78, 5) is 2.49. The van der Waals surface area contributed by atoms with Gasteiger partial charge >= 0.3 is 0 Å². The maximum Gasteiger partial charge on any atom is 0.0826 e. The molecule has 0 bridgehead atoms. The lowest BCUT2D eigenvalue weighted by atomic mass is 10.2. The van der Waals surface area contributed by atoms with Crippen LogP contribution in [0.15, 0.2) is 30.3 Å². The fourth-order valence-corrected chi connectivity index (χ4v) is 2.31. The highest BCUT2D eigenvalue weighted by Crippen LogP contribution is 2.10. The van der Waals surface area contributed by atoms with E-state index in [1.165, 1.54) is 5.56 Å². The molecule has 1 atom stereocenters. The van der Waals surface area contributed by atoms with Crippen LogP contribution in [0.4, 0.5) is 0 Å². The van der Waals surface area contributed by atoms with Crippen LogP contribution in [0.25, 0.3) is 0 Å². The second kappa shape index (κ2) is 6.74. The van der Waals surface area contributed by atoms with Gasteiger partial charge in [-0.1, -0.05) is 30.3 Å². The van der Waals surface area contributed by atoms with E-state index in [-0.39, 0.29) is 0 Å². The summed E-state index contributed by atoms with van der Waals surface area (Å²) in [5.74, 6) is 0. The van der Waals surface area contributed by atoms with Crippen molar-refractivity contribution in [2.75, 3.05) is 33.3 Å². The number of benzene rings is 1. The van der Waals surface area contributed by atoms with Gasteiger partial charge in [-0.15, -0.1) is 0 Å². The van der Waals surface area contributed by atoms with E-state index in [1.54, 1.807) is 0 Å². The molecule has 94 valence electrons. The molecular formula is C14H22N2O. The number of hydrogen-bond donors (Lipinski definition) is 1. The van der Waals surface area contributed by atoms with Gasteiger partial charge in [0.2, 0.25) is 0 Å². The first-order valence-corrected chi connectivity index (χ1v) is 6.41. The van der Waals surface area contributed by atoms with E-state index in [0.717, 1.165) is 39.2 Å². The Bertz CT molecular complexity index is 315. The zero-order valence-electron chi connectivity index (χ0n) is 10.6. The molecule has 1 saturated heterocycles. The summed E-state index contributed by atoms with van der Waals surface area (Å²) in [5.41, 5.74) is 1.39. The molecule has 3 heteroatoms. The molecule has 1 unspecified atom stereocenters. The Morgan fingerprint density at radius 3 is 2.94 bits per heavy atom. The molecule has 0 saturated carbocycles. The molecule has 1 aliphatic heterocycles. The summed E-state index contributed by atoms with van der Waals surface area (Å²) >= 11 is 0. The average Bonchev–Trinajstić information content (AvgIpc) is 2.56. The van der Waals surface area contributed by atoms with Crippen LogP contribution in [0.5, 0.6) is 0 Å². The van der Waals surface area contributed by atoms with E-state index in [4.69, 9.17) is 4.74 Å². The fraction of sp³-hybridized carbons (Fsp3) is 0.571. The topological polar surface area (TPSA) is 24.5 Å². The standard InChI is InChI=1S/C14H22N2O/c1-15-10-14-12-16(8-5-9-17-14)11-13-6-3-2-4-7-13/h2-4,6-7,14-15H,5,8-12H2,1H3. The number of nitrogens with zero attached hydrogens (tertiary/aromatic N) is 1. The van der Waals surface area contributed by atoms with Gasteiger partial charge in [0.05, 0.1) is 6.10 Å². The van der Waals surface area contributed by atoms with Crippen molar-refractivity contribution in [3.63, 3.8) is 0 Å². The molecule has 0 aliphatic carbocycles. The quantitative estimate of drug-likeness (QED) is 0.854. The molecule has 2 rings (SSSR count). The minimum absolute atomic E-state index is 0.325. The van der Waals surface area contributed by atoms with Crippen LogP contribution in [0.1, 0.15) is 12.0 Å². The van der Waals surface area contributed by atoms with Crippen LogP contribution in [0.2, 0.25) is 0 Å². The molecule has 1 fully saturated rings. The van der Waals surface area contributed by atoms with Gasteiger partial charge in [-0.2, -0.15) is 0 Å². The monoisotopic (exact) mass is 234 g/mol. The number of likely N-dealkylation sites (N-methyl/N-ethyl adjacent to an activating group) is 1. The Kier molecular flexibility index (Phi) is 4.98. The zero-order chi connectivity index (χ0) is 11.9. The van der Waals surface area contributed by atoms with Crippen molar-refractivity contribution >= 4 is 0 Å². The van der Waals surface area contributed by atoms with Crippen LogP contribution < -0.4 is 5.32 Å². The largest absolute Gasteiger partial charge is 0.376 e. The summed E-state index contributed by atoms with van der Waals surface area (Å²) in [6, 6.07) is 10.7. The molecule has 0 radical (unpaired) electrons. The Morgan fingerprint density at radius 1 is 1.35 bits per heavy atom. The number of hydrogen-bond acceptors (Lipinski definition) is 3. The molecule has 0 aromatic heterocycles. The van der Waals surface area contributed by atoms with Crippen LogP contribution in [0.3, 0.4) is 0 Å². The molecule has 1 aromatic rings. The van der Waals surface area contributed by atoms with Crippen molar-refractivity contribution in [2.45, 2.75) is 19.1 Å². The number of ether oxygens (including phenoxy) is 1. The maximum absolute atomic E-state index is 5.81. The second-order valence-electron chi connectivity index (χ2n) is 4.62. The Labute approximate surface area is 104 Å². The summed E-state index contributed by atoms with van der Waals surface area (Å²) in [6.45, 7) is 5.01. The Hall–Kier alpha value is -0.900. The van der Waals surface area contributed by atoms with Crippen molar-refractivity contribution in [1.82, 2.24) is 10.2 Å². The minimum Gasteiger partial charge on any atom is -0.376 e. The van der Waals surface area contributed by atoms with Crippen LogP contribution in [-0.2, 0) is 11.3 Å². The summed E-state index contributed by atoms with van der Waals surface area (Å²) in [5, 5.41) is 3.20. The molecule has 17 heavy (non-hydrogen) atoms. The third-order valence-electron chi connectivity index (χ3n) is 3.11. The van der Waals surface area contributed by atoms with E-state index < -0.39 is 0 Å². The molecule has 1 aromatic carbocycles. The second-order valence-corrected chi connectivity index (χ2v) is 4.62. The minimum atomic E-state index is 0.325. The first-order chi connectivity index (χ1) is 8.38. The van der Waals surface area contributed by atoms with E-state index in [0.29, 0.717) is 6.10 Å². The van der Waals surface area contributed by atoms with Gasteiger partial charge in [-0.3, -0.25) is 4.90 Å². The van der Waals surface area contributed by atoms with E-state index in [2.05, 4.69) is 40.5 Å². The van der Waals surface area contributed by atoms with Gasteiger partial charge in [0.1, 0.15) is 0 Å². The van der Waals surface area contributed by atoms with Crippen LogP contribution in [0, 0.1) is 0 Å². The molecule has 3 nitrogen and oxygen atoms in total.